The molecule has 2 N–H and O–H groups in total. The first-order chi connectivity index (χ1) is 9.82. The normalized spacial score (nSPS) is 11.5. The SMILES string of the molecule is CCN(c1ccc(C)cc1)c1ccc(C(F)(F)F)cc1N. The number of alkyl halides is 3. The van der Waals surface area contributed by atoms with Crippen molar-refractivity contribution >= 4 is 17.1 Å². The Morgan fingerprint density at radius 3 is 2.14 bits per heavy atom. The lowest BCUT2D eigenvalue weighted by atomic mass is 10.1. The smallest absolute Gasteiger partial charge is 0.397 e. The highest BCUT2D eigenvalue weighted by molar-refractivity contribution is 5.75. The first kappa shape index (κ1) is 15.2. The van der Waals surface area contributed by atoms with E-state index < -0.39 is 11.7 Å². The van der Waals surface area contributed by atoms with Crippen LogP contribution in [0.1, 0.15) is 18.1 Å². The average Bonchev–Trinajstić information content (AvgIpc) is 2.42. The largest absolute Gasteiger partial charge is 0.416 e. The zero-order valence-corrected chi connectivity index (χ0v) is 11.9. The fraction of sp³-hybridized carbons (Fsp3) is 0.250. The van der Waals surface area contributed by atoms with Crippen LogP contribution in [-0.4, -0.2) is 6.54 Å². The summed E-state index contributed by atoms with van der Waals surface area (Å²) >= 11 is 0. The molecule has 0 heterocycles. The van der Waals surface area contributed by atoms with E-state index >= 15 is 0 Å². The van der Waals surface area contributed by atoms with Crippen LogP contribution in [0.25, 0.3) is 0 Å². The van der Waals surface area contributed by atoms with Crippen LogP contribution in [-0.2, 0) is 6.18 Å². The number of benzene rings is 2. The quantitative estimate of drug-likeness (QED) is 0.827. The molecule has 0 aromatic heterocycles. The van der Waals surface area contributed by atoms with E-state index in [-0.39, 0.29) is 5.69 Å². The molecule has 0 saturated heterocycles. The summed E-state index contributed by atoms with van der Waals surface area (Å²) in [4.78, 5) is 1.88. The lowest BCUT2D eigenvalue weighted by Gasteiger charge is -2.25. The standard InChI is InChI=1S/C16H17F3N2/c1-3-21(13-7-4-11(2)5-8-13)15-9-6-12(10-14(15)20)16(17,18)19/h4-10H,3,20H2,1-2H3. The highest BCUT2D eigenvalue weighted by Crippen LogP contribution is 2.36. The first-order valence-corrected chi connectivity index (χ1v) is 6.64. The fourth-order valence-electron chi connectivity index (χ4n) is 2.19. The summed E-state index contributed by atoms with van der Waals surface area (Å²) in [5, 5.41) is 0. The number of rotatable bonds is 3. The van der Waals surface area contributed by atoms with Gasteiger partial charge in [0.1, 0.15) is 0 Å². The van der Waals surface area contributed by atoms with Crippen LogP contribution in [0, 0.1) is 6.92 Å². The van der Waals surface area contributed by atoms with Crippen molar-refractivity contribution in [3.63, 3.8) is 0 Å². The first-order valence-electron chi connectivity index (χ1n) is 6.64. The Morgan fingerprint density at radius 2 is 1.67 bits per heavy atom. The molecule has 0 aliphatic rings. The van der Waals surface area contributed by atoms with Crippen LogP contribution in [0.3, 0.4) is 0 Å². The van der Waals surface area contributed by atoms with Crippen molar-refractivity contribution in [3.05, 3.63) is 53.6 Å². The Bertz CT molecular complexity index is 618. The number of nitrogen functional groups attached to an aromatic ring is 1. The van der Waals surface area contributed by atoms with Gasteiger partial charge in [0, 0.05) is 12.2 Å². The Labute approximate surface area is 122 Å². The summed E-state index contributed by atoms with van der Waals surface area (Å²) < 4.78 is 38.0. The molecule has 0 amide bonds. The molecule has 0 unspecified atom stereocenters. The van der Waals surface area contributed by atoms with E-state index in [0.29, 0.717) is 12.2 Å². The number of hydrogen-bond donors (Lipinski definition) is 1. The van der Waals surface area contributed by atoms with Crippen molar-refractivity contribution in [2.45, 2.75) is 20.0 Å². The molecule has 0 fully saturated rings. The minimum atomic E-state index is -4.38. The monoisotopic (exact) mass is 294 g/mol. The number of aryl methyl sites for hydroxylation is 1. The average molecular weight is 294 g/mol. The van der Waals surface area contributed by atoms with E-state index in [1.807, 2.05) is 43.0 Å². The molecular weight excluding hydrogens is 277 g/mol. The maximum atomic E-state index is 12.7. The van der Waals surface area contributed by atoms with Gasteiger partial charge in [-0.15, -0.1) is 0 Å². The minimum Gasteiger partial charge on any atom is -0.397 e. The Hall–Kier alpha value is -2.17. The number of anilines is 3. The summed E-state index contributed by atoms with van der Waals surface area (Å²) in [6.07, 6.45) is -4.38. The lowest BCUT2D eigenvalue weighted by Crippen LogP contribution is -2.18. The molecule has 0 aliphatic carbocycles. The molecule has 2 nitrogen and oxygen atoms in total. The third-order valence-electron chi connectivity index (χ3n) is 3.31. The summed E-state index contributed by atoms with van der Waals surface area (Å²) in [6.45, 7) is 4.52. The Balaban J connectivity index is 2.41. The van der Waals surface area contributed by atoms with Crippen molar-refractivity contribution in [2.24, 2.45) is 0 Å². The predicted octanol–water partition coefficient (Wildman–Crippen LogP) is 4.75. The van der Waals surface area contributed by atoms with Gasteiger partial charge in [-0.05, 0) is 44.2 Å². The molecule has 0 atom stereocenters. The zero-order valence-electron chi connectivity index (χ0n) is 11.9. The van der Waals surface area contributed by atoms with Gasteiger partial charge in [-0.3, -0.25) is 0 Å². The van der Waals surface area contributed by atoms with Gasteiger partial charge in [-0.2, -0.15) is 13.2 Å². The van der Waals surface area contributed by atoms with Crippen LogP contribution >= 0.6 is 0 Å². The van der Waals surface area contributed by atoms with Crippen LogP contribution in [0.5, 0.6) is 0 Å². The van der Waals surface area contributed by atoms with E-state index in [0.717, 1.165) is 23.4 Å². The summed E-state index contributed by atoms with van der Waals surface area (Å²) in [6, 6.07) is 11.2. The van der Waals surface area contributed by atoms with E-state index in [1.165, 1.54) is 6.07 Å². The summed E-state index contributed by atoms with van der Waals surface area (Å²) in [5.41, 5.74) is 7.80. The van der Waals surface area contributed by atoms with Crippen LogP contribution in [0.4, 0.5) is 30.2 Å². The molecule has 0 aliphatic heterocycles. The Morgan fingerprint density at radius 1 is 1.05 bits per heavy atom. The molecule has 2 aromatic carbocycles. The molecule has 0 spiro atoms. The van der Waals surface area contributed by atoms with Crippen LogP contribution < -0.4 is 10.6 Å². The van der Waals surface area contributed by atoms with Crippen molar-refractivity contribution in [1.29, 1.82) is 0 Å². The highest BCUT2D eigenvalue weighted by Gasteiger charge is 2.31. The number of halogens is 3. The van der Waals surface area contributed by atoms with Gasteiger partial charge in [-0.1, -0.05) is 17.7 Å². The van der Waals surface area contributed by atoms with Gasteiger partial charge in [0.05, 0.1) is 16.9 Å². The van der Waals surface area contributed by atoms with Crippen molar-refractivity contribution in [1.82, 2.24) is 0 Å². The number of nitrogens with zero attached hydrogens (tertiary/aromatic N) is 1. The topological polar surface area (TPSA) is 29.3 Å². The van der Waals surface area contributed by atoms with E-state index in [1.54, 1.807) is 0 Å². The molecule has 0 saturated carbocycles. The summed E-state index contributed by atoms with van der Waals surface area (Å²) in [7, 11) is 0. The molecule has 112 valence electrons. The number of nitrogens with two attached hydrogens (primary N) is 1. The summed E-state index contributed by atoms with van der Waals surface area (Å²) in [5.74, 6) is 0. The third-order valence-corrected chi connectivity index (χ3v) is 3.31. The number of hydrogen-bond acceptors (Lipinski definition) is 2. The molecule has 5 heteroatoms. The van der Waals surface area contributed by atoms with Gasteiger partial charge in [0.25, 0.3) is 0 Å². The van der Waals surface area contributed by atoms with E-state index in [4.69, 9.17) is 5.73 Å². The maximum Gasteiger partial charge on any atom is 0.416 e. The Kier molecular flexibility index (Phi) is 4.11. The van der Waals surface area contributed by atoms with Crippen molar-refractivity contribution in [3.8, 4) is 0 Å². The molecule has 21 heavy (non-hydrogen) atoms. The molecule has 2 rings (SSSR count). The van der Waals surface area contributed by atoms with Gasteiger partial charge in [-0.25, -0.2) is 0 Å². The molecule has 2 aromatic rings. The second kappa shape index (κ2) is 5.68. The van der Waals surface area contributed by atoms with Gasteiger partial charge in [0.2, 0.25) is 0 Å². The van der Waals surface area contributed by atoms with Gasteiger partial charge < -0.3 is 10.6 Å². The maximum absolute atomic E-state index is 12.7. The predicted molar refractivity (Wildman–Crippen MR) is 79.7 cm³/mol. The fourth-order valence-corrected chi connectivity index (χ4v) is 2.19. The second-order valence-electron chi connectivity index (χ2n) is 4.85. The van der Waals surface area contributed by atoms with Gasteiger partial charge >= 0.3 is 6.18 Å². The zero-order chi connectivity index (χ0) is 15.6. The third kappa shape index (κ3) is 3.29. The van der Waals surface area contributed by atoms with Crippen LogP contribution in [0.15, 0.2) is 42.5 Å². The van der Waals surface area contributed by atoms with E-state index in [2.05, 4.69) is 0 Å². The van der Waals surface area contributed by atoms with E-state index in [9.17, 15) is 13.2 Å². The van der Waals surface area contributed by atoms with Gasteiger partial charge in [0.15, 0.2) is 0 Å². The van der Waals surface area contributed by atoms with Crippen molar-refractivity contribution < 1.29 is 13.2 Å². The molecule has 0 radical (unpaired) electrons. The molecular formula is C16H17F3N2. The van der Waals surface area contributed by atoms with Crippen molar-refractivity contribution in [2.75, 3.05) is 17.2 Å². The second-order valence-corrected chi connectivity index (χ2v) is 4.85. The molecule has 0 bridgehead atoms. The lowest BCUT2D eigenvalue weighted by molar-refractivity contribution is -0.137. The highest BCUT2D eigenvalue weighted by atomic mass is 19.4. The van der Waals surface area contributed by atoms with Crippen LogP contribution in [0.2, 0.25) is 0 Å². The minimum absolute atomic E-state index is 0.118.